The third-order valence-electron chi connectivity index (χ3n) is 4.09. The number of carbonyl (C=O) groups excluding carboxylic acids is 2. The number of methoxy groups -OCH3 is 2. The third-order valence-corrected chi connectivity index (χ3v) is 4.09. The van der Waals surface area contributed by atoms with Gasteiger partial charge in [-0.25, -0.2) is 0 Å². The van der Waals surface area contributed by atoms with Crippen molar-refractivity contribution in [2.45, 2.75) is 32.4 Å². The van der Waals surface area contributed by atoms with Crippen molar-refractivity contribution in [3.8, 4) is 11.5 Å². The van der Waals surface area contributed by atoms with Gasteiger partial charge in [0, 0.05) is 13.0 Å². The number of amides is 1. The fourth-order valence-corrected chi connectivity index (χ4v) is 2.53. The Hall–Kier alpha value is -3.02. The maximum Gasteiger partial charge on any atom is 0.306 e. The number of nitrogens with one attached hydrogen (secondary N) is 1. The highest BCUT2D eigenvalue weighted by molar-refractivity contribution is 5.83. The van der Waals surface area contributed by atoms with E-state index < -0.39 is 12.1 Å². The molecule has 0 radical (unpaired) electrons. The Bertz CT molecular complexity index is 757. The molecule has 6 heteroatoms. The normalized spacial score (nSPS) is 11.4. The average molecular weight is 371 g/mol. The van der Waals surface area contributed by atoms with Crippen LogP contribution < -0.4 is 14.8 Å². The van der Waals surface area contributed by atoms with Crippen molar-refractivity contribution >= 4 is 11.9 Å². The molecule has 0 aliphatic heterocycles. The average Bonchev–Trinajstić information content (AvgIpc) is 2.70. The van der Waals surface area contributed by atoms with Gasteiger partial charge in [0.05, 0.1) is 14.2 Å². The molecule has 0 bridgehead atoms. The lowest BCUT2D eigenvalue weighted by Gasteiger charge is -2.14. The smallest absolute Gasteiger partial charge is 0.306 e. The first-order valence-corrected chi connectivity index (χ1v) is 8.75. The molecule has 27 heavy (non-hydrogen) atoms. The van der Waals surface area contributed by atoms with Gasteiger partial charge in [-0.3, -0.25) is 9.59 Å². The lowest BCUT2D eigenvalue weighted by atomic mass is 10.1. The Morgan fingerprint density at radius 1 is 1.00 bits per heavy atom. The molecule has 144 valence electrons. The summed E-state index contributed by atoms with van der Waals surface area (Å²) in [6.07, 6.45) is -0.187. The fraction of sp³-hybridized carbons (Fsp3) is 0.333. The summed E-state index contributed by atoms with van der Waals surface area (Å²) in [6.45, 7) is 1.91. The highest BCUT2D eigenvalue weighted by Gasteiger charge is 2.17. The Kier molecular flexibility index (Phi) is 7.67. The predicted octanol–water partition coefficient (Wildman–Crippen LogP) is 2.88. The quantitative estimate of drug-likeness (QED) is 0.686. The van der Waals surface area contributed by atoms with Crippen LogP contribution >= 0.6 is 0 Å². The summed E-state index contributed by atoms with van der Waals surface area (Å²) in [5.74, 6) is 0.725. The summed E-state index contributed by atoms with van der Waals surface area (Å²) < 4.78 is 15.6. The van der Waals surface area contributed by atoms with E-state index in [0.29, 0.717) is 13.0 Å². The van der Waals surface area contributed by atoms with Gasteiger partial charge in [0.25, 0.3) is 5.91 Å². The predicted molar refractivity (Wildman–Crippen MR) is 102 cm³/mol. The number of esters is 1. The molecule has 2 rings (SSSR count). The second kappa shape index (κ2) is 10.2. The maximum absolute atomic E-state index is 12.1. The lowest BCUT2D eigenvalue weighted by molar-refractivity contribution is -0.154. The van der Waals surface area contributed by atoms with Gasteiger partial charge in [-0.1, -0.05) is 30.3 Å². The molecule has 1 N–H and O–H groups in total. The van der Waals surface area contributed by atoms with E-state index in [2.05, 4.69) is 5.32 Å². The largest absolute Gasteiger partial charge is 0.497 e. The fourth-order valence-electron chi connectivity index (χ4n) is 2.53. The highest BCUT2D eigenvalue weighted by atomic mass is 16.5. The van der Waals surface area contributed by atoms with Gasteiger partial charge in [0.15, 0.2) is 6.10 Å². The molecular weight excluding hydrogens is 346 g/mol. The summed E-state index contributed by atoms with van der Waals surface area (Å²) in [7, 11) is 3.19. The summed E-state index contributed by atoms with van der Waals surface area (Å²) in [5.41, 5.74) is 1.85. The highest BCUT2D eigenvalue weighted by Crippen LogP contribution is 2.19. The van der Waals surface area contributed by atoms with Crippen molar-refractivity contribution in [3.63, 3.8) is 0 Å². The number of benzene rings is 2. The van der Waals surface area contributed by atoms with Gasteiger partial charge in [-0.05, 0) is 42.7 Å². The number of ether oxygens (including phenoxy) is 3. The lowest BCUT2D eigenvalue weighted by Crippen LogP contribution is -2.35. The van der Waals surface area contributed by atoms with Crippen molar-refractivity contribution in [3.05, 3.63) is 59.7 Å². The molecule has 0 aromatic heterocycles. The molecule has 1 amide bonds. The zero-order chi connectivity index (χ0) is 19.6. The zero-order valence-electron chi connectivity index (χ0n) is 15.9. The van der Waals surface area contributed by atoms with Crippen LogP contribution in [0.25, 0.3) is 0 Å². The second-order valence-corrected chi connectivity index (χ2v) is 6.01. The Labute approximate surface area is 159 Å². The molecule has 0 heterocycles. The van der Waals surface area contributed by atoms with E-state index in [1.54, 1.807) is 21.1 Å². The Morgan fingerprint density at radius 2 is 1.70 bits per heavy atom. The first-order valence-electron chi connectivity index (χ1n) is 8.75. The van der Waals surface area contributed by atoms with E-state index in [1.165, 1.54) is 0 Å². The van der Waals surface area contributed by atoms with Crippen LogP contribution in [-0.2, 0) is 27.3 Å². The molecule has 6 nitrogen and oxygen atoms in total. The van der Waals surface area contributed by atoms with Crippen LogP contribution in [0.1, 0.15) is 24.5 Å². The number of para-hydroxylation sites is 1. The summed E-state index contributed by atoms with van der Waals surface area (Å²) >= 11 is 0. The van der Waals surface area contributed by atoms with E-state index in [4.69, 9.17) is 14.2 Å². The Morgan fingerprint density at radius 3 is 2.37 bits per heavy atom. The van der Waals surface area contributed by atoms with Crippen LogP contribution in [0.4, 0.5) is 0 Å². The molecule has 0 aliphatic carbocycles. The van der Waals surface area contributed by atoms with Gasteiger partial charge in [-0.15, -0.1) is 0 Å². The minimum atomic E-state index is -0.853. The molecule has 0 saturated heterocycles. The van der Waals surface area contributed by atoms with E-state index >= 15 is 0 Å². The van der Waals surface area contributed by atoms with Crippen molar-refractivity contribution in [1.82, 2.24) is 5.32 Å². The molecule has 0 unspecified atom stereocenters. The monoisotopic (exact) mass is 371 g/mol. The minimum absolute atomic E-state index is 0.177. The van der Waals surface area contributed by atoms with Gasteiger partial charge in [0.2, 0.25) is 0 Å². The molecule has 2 aromatic rings. The van der Waals surface area contributed by atoms with E-state index in [9.17, 15) is 9.59 Å². The minimum Gasteiger partial charge on any atom is -0.497 e. The first-order chi connectivity index (χ1) is 13.0. The van der Waals surface area contributed by atoms with Gasteiger partial charge >= 0.3 is 5.97 Å². The first kappa shape index (κ1) is 20.3. The van der Waals surface area contributed by atoms with Gasteiger partial charge < -0.3 is 19.5 Å². The van der Waals surface area contributed by atoms with Gasteiger partial charge in [0.1, 0.15) is 11.5 Å². The SMILES string of the molecule is COc1ccc(CNC(=O)[C@H](C)OC(=O)CCc2ccccc2OC)cc1. The van der Waals surface area contributed by atoms with Crippen LogP contribution in [0.15, 0.2) is 48.5 Å². The van der Waals surface area contributed by atoms with Crippen molar-refractivity contribution in [2.24, 2.45) is 0 Å². The van der Waals surface area contributed by atoms with Crippen molar-refractivity contribution in [1.29, 1.82) is 0 Å². The van der Waals surface area contributed by atoms with Crippen molar-refractivity contribution < 1.29 is 23.8 Å². The van der Waals surface area contributed by atoms with Crippen LogP contribution in [0.5, 0.6) is 11.5 Å². The number of hydrogen-bond acceptors (Lipinski definition) is 5. The molecule has 0 fully saturated rings. The third kappa shape index (κ3) is 6.33. The van der Waals surface area contributed by atoms with Crippen LogP contribution in [0.3, 0.4) is 0 Å². The Balaban J connectivity index is 1.76. The topological polar surface area (TPSA) is 73.9 Å². The van der Waals surface area contributed by atoms with Crippen LogP contribution in [-0.4, -0.2) is 32.2 Å². The maximum atomic E-state index is 12.1. The molecule has 2 aromatic carbocycles. The van der Waals surface area contributed by atoms with E-state index in [0.717, 1.165) is 22.6 Å². The number of carbonyl (C=O) groups is 2. The zero-order valence-corrected chi connectivity index (χ0v) is 15.9. The summed E-state index contributed by atoms with van der Waals surface area (Å²) in [5, 5.41) is 2.76. The summed E-state index contributed by atoms with van der Waals surface area (Å²) in [6, 6.07) is 14.9. The van der Waals surface area contributed by atoms with Crippen LogP contribution in [0, 0.1) is 0 Å². The van der Waals surface area contributed by atoms with E-state index in [-0.39, 0.29) is 12.3 Å². The summed E-state index contributed by atoms with van der Waals surface area (Å²) in [4.78, 5) is 24.1. The second-order valence-electron chi connectivity index (χ2n) is 6.01. The molecule has 1 atom stereocenters. The van der Waals surface area contributed by atoms with Gasteiger partial charge in [-0.2, -0.15) is 0 Å². The molecular formula is C21H25NO5. The molecule has 0 saturated carbocycles. The van der Waals surface area contributed by atoms with E-state index in [1.807, 2.05) is 48.5 Å². The van der Waals surface area contributed by atoms with Crippen molar-refractivity contribution in [2.75, 3.05) is 14.2 Å². The van der Waals surface area contributed by atoms with Crippen LogP contribution in [0.2, 0.25) is 0 Å². The number of aryl methyl sites for hydroxylation is 1. The number of hydrogen-bond donors (Lipinski definition) is 1. The molecule has 0 aliphatic rings. The standard InChI is InChI=1S/C21H25NO5/c1-15(21(24)22-14-16-8-11-18(25-2)12-9-16)27-20(23)13-10-17-6-4-5-7-19(17)26-3/h4-9,11-12,15H,10,13-14H2,1-3H3,(H,22,24)/t15-/m0/s1. The molecule has 0 spiro atoms. The number of rotatable bonds is 9.